The Balaban J connectivity index is 1.71. The number of ether oxygens (including phenoxy) is 1. The lowest BCUT2D eigenvalue weighted by Crippen LogP contribution is -2.46. The summed E-state index contributed by atoms with van der Waals surface area (Å²) in [5, 5.41) is 0.287. The van der Waals surface area contributed by atoms with E-state index in [9.17, 15) is 4.79 Å². The largest absolute Gasteiger partial charge is 0.460 e. The molecule has 0 N–H and O–H groups in total. The first-order chi connectivity index (χ1) is 9.33. The minimum atomic E-state index is -0.410. The topological polar surface area (TPSA) is 55.3 Å². The van der Waals surface area contributed by atoms with Crippen molar-refractivity contribution in [3.05, 3.63) is 23.2 Å². The van der Waals surface area contributed by atoms with Crippen LogP contribution in [0.5, 0.6) is 0 Å². The zero-order chi connectivity index (χ0) is 14.8. The second kappa shape index (κ2) is 6.06. The Kier molecular flexibility index (Phi) is 4.60. The molecule has 1 aromatic rings. The molecule has 6 heteroatoms. The Bertz CT molecular complexity index is 482. The molecule has 0 amide bonds. The first-order valence-corrected chi connectivity index (χ1v) is 7.14. The quantitative estimate of drug-likeness (QED) is 0.630. The average Bonchev–Trinajstić information content (AvgIpc) is 2.24. The molecule has 0 aromatic carbocycles. The van der Waals surface area contributed by atoms with Crippen molar-refractivity contribution in [2.24, 2.45) is 0 Å². The van der Waals surface area contributed by atoms with Gasteiger partial charge in [0.15, 0.2) is 0 Å². The predicted molar refractivity (Wildman–Crippen MR) is 76.7 cm³/mol. The number of rotatable bonds is 4. The molecule has 1 fully saturated rings. The van der Waals surface area contributed by atoms with E-state index in [1.54, 1.807) is 6.20 Å². The van der Waals surface area contributed by atoms with Crippen molar-refractivity contribution in [1.82, 2.24) is 14.9 Å². The number of carbonyl (C=O) groups is 1. The Labute approximate surface area is 124 Å². The molecule has 1 aliphatic rings. The molecule has 0 aliphatic carbocycles. The lowest BCUT2D eigenvalue weighted by molar-refractivity contribution is -0.155. The van der Waals surface area contributed by atoms with Crippen molar-refractivity contribution in [2.75, 3.05) is 19.6 Å². The van der Waals surface area contributed by atoms with Crippen LogP contribution in [0.3, 0.4) is 0 Å². The molecule has 5 nitrogen and oxygen atoms in total. The fraction of sp³-hybridized carbons (Fsp3) is 0.643. The second-order valence-corrected chi connectivity index (χ2v) is 6.38. The van der Waals surface area contributed by atoms with Crippen molar-refractivity contribution >= 4 is 17.6 Å². The van der Waals surface area contributed by atoms with Crippen LogP contribution < -0.4 is 0 Å². The molecule has 1 saturated heterocycles. The van der Waals surface area contributed by atoms with Crippen LogP contribution >= 0.6 is 11.6 Å². The molecule has 1 aliphatic heterocycles. The predicted octanol–water partition coefficient (Wildman–Crippen LogP) is 2.26. The summed E-state index contributed by atoms with van der Waals surface area (Å²) in [5.74, 6) is 0.236. The van der Waals surface area contributed by atoms with Crippen LogP contribution in [0, 0.1) is 0 Å². The molecule has 0 radical (unpaired) electrons. The van der Waals surface area contributed by atoms with Crippen LogP contribution in [0.4, 0.5) is 0 Å². The highest BCUT2D eigenvalue weighted by molar-refractivity contribution is 6.28. The van der Waals surface area contributed by atoms with Crippen LogP contribution in [0.25, 0.3) is 0 Å². The number of aromatic nitrogens is 2. The maximum absolute atomic E-state index is 11.6. The molecule has 110 valence electrons. The smallest absolute Gasteiger partial charge is 0.307 e. The average molecular weight is 298 g/mol. The van der Waals surface area contributed by atoms with Crippen molar-refractivity contribution in [1.29, 1.82) is 0 Å². The van der Waals surface area contributed by atoms with Crippen molar-refractivity contribution in [3.63, 3.8) is 0 Å². The summed E-state index contributed by atoms with van der Waals surface area (Å²) < 4.78 is 5.28. The zero-order valence-electron chi connectivity index (χ0n) is 12.1. The monoisotopic (exact) mass is 297 g/mol. The fourth-order valence-corrected chi connectivity index (χ4v) is 2.31. The van der Waals surface area contributed by atoms with E-state index in [2.05, 4.69) is 14.9 Å². The van der Waals surface area contributed by atoms with Gasteiger partial charge in [-0.05, 0) is 38.4 Å². The maximum atomic E-state index is 11.6. The lowest BCUT2D eigenvalue weighted by atomic mass is 9.96. The Hall–Kier alpha value is -1.20. The van der Waals surface area contributed by atoms with Crippen molar-refractivity contribution < 1.29 is 9.53 Å². The number of hydrogen-bond acceptors (Lipinski definition) is 5. The Morgan fingerprint density at radius 1 is 1.50 bits per heavy atom. The molecule has 0 atom stereocenters. The van der Waals surface area contributed by atoms with Crippen molar-refractivity contribution in [2.45, 2.75) is 38.7 Å². The SMILES string of the molecule is CC(C)(C)OC(=O)CCN1CC(c2ccnc(Cl)n2)C1. The molecule has 0 bridgehead atoms. The van der Waals surface area contributed by atoms with Gasteiger partial charge >= 0.3 is 5.97 Å². The number of nitrogens with zero attached hydrogens (tertiary/aromatic N) is 3. The Morgan fingerprint density at radius 3 is 2.80 bits per heavy atom. The highest BCUT2D eigenvalue weighted by Crippen LogP contribution is 2.26. The molecule has 2 rings (SSSR count). The van der Waals surface area contributed by atoms with Crippen LogP contribution in [0.2, 0.25) is 5.28 Å². The summed E-state index contributed by atoms with van der Waals surface area (Å²) in [7, 11) is 0. The van der Waals surface area contributed by atoms with Gasteiger partial charge in [0.25, 0.3) is 0 Å². The van der Waals surface area contributed by atoms with E-state index in [0.29, 0.717) is 12.3 Å². The number of halogens is 1. The summed E-state index contributed by atoms with van der Waals surface area (Å²) in [6, 6.07) is 1.89. The van der Waals surface area contributed by atoms with E-state index in [1.807, 2.05) is 26.8 Å². The molecule has 1 aromatic heterocycles. The molecule has 2 heterocycles. The van der Waals surface area contributed by atoms with Gasteiger partial charge in [-0.2, -0.15) is 0 Å². The van der Waals surface area contributed by atoms with Gasteiger partial charge in [0.2, 0.25) is 5.28 Å². The first kappa shape index (κ1) is 15.2. The van der Waals surface area contributed by atoms with E-state index in [4.69, 9.17) is 16.3 Å². The molecule has 0 saturated carbocycles. The molecular formula is C14H20ClN3O2. The number of esters is 1. The standard InChI is InChI=1S/C14H20ClN3O2/c1-14(2,3)20-12(19)5-7-18-8-10(9-18)11-4-6-16-13(15)17-11/h4,6,10H,5,7-9H2,1-3H3. The van der Waals surface area contributed by atoms with Gasteiger partial charge in [-0.1, -0.05) is 0 Å². The lowest BCUT2D eigenvalue weighted by Gasteiger charge is -2.38. The second-order valence-electron chi connectivity index (χ2n) is 6.04. The van der Waals surface area contributed by atoms with E-state index in [0.717, 1.165) is 25.3 Å². The molecule has 20 heavy (non-hydrogen) atoms. The summed E-state index contributed by atoms with van der Waals surface area (Å²) in [6.07, 6.45) is 2.10. The molecule has 0 unspecified atom stereocenters. The van der Waals surface area contributed by atoms with E-state index < -0.39 is 5.60 Å². The normalized spacial score (nSPS) is 16.8. The molecular weight excluding hydrogens is 278 g/mol. The third kappa shape index (κ3) is 4.42. The minimum absolute atomic E-state index is 0.147. The summed E-state index contributed by atoms with van der Waals surface area (Å²) in [6.45, 7) is 8.16. The number of likely N-dealkylation sites (tertiary alicyclic amines) is 1. The van der Waals surface area contributed by atoms with Crippen LogP contribution in [0.15, 0.2) is 12.3 Å². The van der Waals surface area contributed by atoms with Crippen LogP contribution in [0.1, 0.15) is 38.8 Å². The number of hydrogen-bond donors (Lipinski definition) is 0. The third-order valence-electron chi connectivity index (χ3n) is 3.08. The maximum Gasteiger partial charge on any atom is 0.307 e. The van der Waals surface area contributed by atoms with Gasteiger partial charge in [-0.15, -0.1) is 0 Å². The Morgan fingerprint density at radius 2 is 2.20 bits per heavy atom. The van der Waals surface area contributed by atoms with Gasteiger partial charge in [-0.3, -0.25) is 4.79 Å². The van der Waals surface area contributed by atoms with Crippen molar-refractivity contribution in [3.8, 4) is 0 Å². The third-order valence-corrected chi connectivity index (χ3v) is 3.26. The molecule has 0 spiro atoms. The summed E-state index contributed by atoms with van der Waals surface area (Å²) >= 11 is 5.77. The summed E-state index contributed by atoms with van der Waals surface area (Å²) in [5.41, 5.74) is 0.560. The fourth-order valence-electron chi connectivity index (χ4n) is 2.16. The van der Waals surface area contributed by atoms with E-state index >= 15 is 0 Å². The van der Waals surface area contributed by atoms with Crippen LogP contribution in [-0.4, -0.2) is 46.1 Å². The van der Waals surface area contributed by atoms with E-state index in [-0.39, 0.29) is 11.3 Å². The highest BCUT2D eigenvalue weighted by atomic mass is 35.5. The number of carbonyl (C=O) groups excluding carboxylic acids is 1. The zero-order valence-corrected chi connectivity index (χ0v) is 12.9. The van der Waals surface area contributed by atoms with Gasteiger partial charge in [0, 0.05) is 31.7 Å². The van der Waals surface area contributed by atoms with Gasteiger partial charge in [0.1, 0.15) is 5.60 Å². The van der Waals surface area contributed by atoms with Gasteiger partial charge in [0.05, 0.1) is 12.1 Å². The van der Waals surface area contributed by atoms with Gasteiger partial charge in [-0.25, -0.2) is 9.97 Å². The minimum Gasteiger partial charge on any atom is -0.460 e. The first-order valence-electron chi connectivity index (χ1n) is 6.76. The van der Waals surface area contributed by atoms with Crippen LogP contribution in [-0.2, 0) is 9.53 Å². The van der Waals surface area contributed by atoms with E-state index in [1.165, 1.54) is 0 Å². The van der Waals surface area contributed by atoms with Gasteiger partial charge < -0.3 is 9.64 Å². The highest BCUT2D eigenvalue weighted by Gasteiger charge is 2.29. The summed E-state index contributed by atoms with van der Waals surface area (Å²) in [4.78, 5) is 21.9.